The molecule has 2 atom stereocenters. The number of hydrogen-bond acceptors (Lipinski definition) is 1. The van der Waals surface area contributed by atoms with Gasteiger partial charge in [0.05, 0.1) is 0 Å². The van der Waals surface area contributed by atoms with Crippen LogP contribution in [0.4, 0.5) is 0 Å². The molecule has 0 amide bonds. The highest BCUT2D eigenvalue weighted by Gasteiger charge is 2.18. The number of rotatable bonds is 11. The topological polar surface area (TPSA) is 3.24 Å². The van der Waals surface area contributed by atoms with Gasteiger partial charge in [-0.05, 0) is 45.1 Å². The van der Waals surface area contributed by atoms with E-state index in [0.29, 0.717) is 12.0 Å². The highest BCUT2D eigenvalue weighted by Crippen LogP contribution is 2.26. The van der Waals surface area contributed by atoms with Crippen molar-refractivity contribution in [1.82, 2.24) is 4.90 Å². The molecule has 0 saturated heterocycles. The zero-order chi connectivity index (χ0) is 18.5. The van der Waals surface area contributed by atoms with E-state index in [2.05, 4.69) is 96.1 Å². The van der Waals surface area contributed by atoms with Gasteiger partial charge in [0.2, 0.25) is 0 Å². The zero-order valence-corrected chi connectivity index (χ0v) is 16.7. The standard InChI is InChI=1S/C23H37N/c1-9-13-14-15-16-17-20(6)23(12-4)24(21(7)11-3)22(8)18-19(5)10-2/h9,12,14-19,21H,1,6,10-11,13H2,2-5,7-8H3/b15-14-,17-16-,22-18+,23-12+. The Bertz CT molecular complexity index is 502. The summed E-state index contributed by atoms with van der Waals surface area (Å²) in [6.45, 7) is 21.3. The Labute approximate surface area is 150 Å². The molecular formula is C23H37N. The molecule has 0 saturated carbocycles. The number of allylic oxidation sites excluding steroid dienone is 8. The molecule has 0 bridgehead atoms. The lowest BCUT2D eigenvalue weighted by Crippen LogP contribution is -2.31. The molecule has 2 unspecified atom stereocenters. The second-order valence-corrected chi connectivity index (χ2v) is 6.33. The van der Waals surface area contributed by atoms with Gasteiger partial charge < -0.3 is 4.90 Å². The molecule has 0 heterocycles. The van der Waals surface area contributed by atoms with E-state index in [0.717, 1.165) is 24.8 Å². The first-order chi connectivity index (χ1) is 11.4. The molecule has 0 aromatic carbocycles. The van der Waals surface area contributed by atoms with Crippen molar-refractivity contribution < 1.29 is 0 Å². The molecule has 0 fully saturated rings. The van der Waals surface area contributed by atoms with Crippen LogP contribution in [0.2, 0.25) is 0 Å². The first-order valence-corrected chi connectivity index (χ1v) is 9.20. The van der Waals surface area contributed by atoms with Gasteiger partial charge in [0.25, 0.3) is 0 Å². The Morgan fingerprint density at radius 1 is 1.12 bits per heavy atom. The molecule has 0 aliphatic rings. The van der Waals surface area contributed by atoms with Crippen molar-refractivity contribution in [2.75, 3.05) is 0 Å². The van der Waals surface area contributed by atoms with E-state index in [4.69, 9.17) is 0 Å². The maximum atomic E-state index is 4.28. The van der Waals surface area contributed by atoms with Crippen LogP contribution in [-0.2, 0) is 0 Å². The molecular weight excluding hydrogens is 290 g/mol. The average molecular weight is 328 g/mol. The summed E-state index contributed by atoms with van der Waals surface area (Å²) in [6, 6.07) is 0.443. The Morgan fingerprint density at radius 3 is 2.29 bits per heavy atom. The molecule has 0 N–H and O–H groups in total. The number of hydrogen-bond donors (Lipinski definition) is 0. The molecule has 0 aromatic rings. The van der Waals surface area contributed by atoms with Crippen molar-refractivity contribution in [1.29, 1.82) is 0 Å². The van der Waals surface area contributed by atoms with E-state index >= 15 is 0 Å². The summed E-state index contributed by atoms with van der Waals surface area (Å²) in [5.74, 6) is 0.584. The van der Waals surface area contributed by atoms with Crippen LogP contribution >= 0.6 is 0 Å². The third-order valence-electron chi connectivity index (χ3n) is 4.29. The van der Waals surface area contributed by atoms with Gasteiger partial charge in [-0.25, -0.2) is 0 Å². The summed E-state index contributed by atoms with van der Waals surface area (Å²) in [6.07, 6.45) is 17.9. The summed E-state index contributed by atoms with van der Waals surface area (Å²) in [4.78, 5) is 2.42. The summed E-state index contributed by atoms with van der Waals surface area (Å²) < 4.78 is 0. The third-order valence-corrected chi connectivity index (χ3v) is 4.29. The van der Waals surface area contributed by atoms with Crippen molar-refractivity contribution in [3.8, 4) is 0 Å². The molecule has 0 radical (unpaired) electrons. The second kappa shape index (κ2) is 12.6. The molecule has 1 nitrogen and oxygen atoms in total. The van der Waals surface area contributed by atoms with Gasteiger partial charge in [-0.1, -0.05) is 76.3 Å². The maximum Gasteiger partial charge on any atom is 0.0434 e. The Hall–Kier alpha value is -1.76. The van der Waals surface area contributed by atoms with Crippen LogP contribution in [0.1, 0.15) is 60.8 Å². The molecule has 0 rings (SSSR count). The van der Waals surface area contributed by atoms with E-state index in [-0.39, 0.29) is 0 Å². The van der Waals surface area contributed by atoms with Gasteiger partial charge in [0.1, 0.15) is 0 Å². The summed E-state index contributed by atoms with van der Waals surface area (Å²) in [5.41, 5.74) is 3.54. The van der Waals surface area contributed by atoms with Crippen molar-refractivity contribution in [3.05, 3.63) is 72.7 Å². The predicted molar refractivity (Wildman–Crippen MR) is 111 cm³/mol. The third kappa shape index (κ3) is 7.68. The van der Waals surface area contributed by atoms with Crippen LogP contribution in [0.25, 0.3) is 0 Å². The molecule has 0 aliphatic carbocycles. The van der Waals surface area contributed by atoms with Crippen molar-refractivity contribution >= 4 is 0 Å². The lowest BCUT2D eigenvalue weighted by molar-refractivity contribution is 0.327. The smallest absolute Gasteiger partial charge is 0.0434 e. The van der Waals surface area contributed by atoms with Gasteiger partial charge in [-0.3, -0.25) is 0 Å². The van der Waals surface area contributed by atoms with Gasteiger partial charge in [0.15, 0.2) is 0 Å². The molecule has 0 spiro atoms. The molecule has 134 valence electrons. The maximum absolute atomic E-state index is 4.28. The highest BCUT2D eigenvalue weighted by molar-refractivity contribution is 5.39. The van der Waals surface area contributed by atoms with Crippen molar-refractivity contribution in [3.63, 3.8) is 0 Å². The fraction of sp³-hybridized carbons (Fsp3) is 0.478. The van der Waals surface area contributed by atoms with Crippen LogP contribution in [0, 0.1) is 5.92 Å². The Kier molecular flexibility index (Phi) is 11.7. The van der Waals surface area contributed by atoms with E-state index in [1.54, 1.807) is 0 Å². The summed E-state index contributed by atoms with van der Waals surface area (Å²) in [5, 5.41) is 0. The monoisotopic (exact) mass is 327 g/mol. The Balaban J connectivity index is 5.45. The first kappa shape index (κ1) is 22.2. The molecule has 0 aromatic heterocycles. The minimum atomic E-state index is 0.443. The van der Waals surface area contributed by atoms with Crippen LogP contribution in [-0.4, -0.2) is 10.9 Å². The molecule has 1 heteroatoms. The van der Waals surface area contributed by atoms with Gasteiger partial charge in [-0.2, -0.15) is 0 Å². The largest absolute Gasteiger partial charge is 0.343 e. The van der Waals surface area contributed by atoms with Crippen LogP contribution in [0.15, 0.2) is 72.7 Å². The van der Waals surface area contributed by atoms with Gasteiger partial charge >= 0.3 is 0 Å². The normalized spacial score (nSPS) is 15.8. The lowest BCUT2D eigenvalue weighted by Gasteiger charge is -2.34. The summed E-state index contributed by atoms with van der Waals surface area (Å²) >= 11 is 0. The van der Waals surface area contributed by atoms with E-state index in [1.807, 2.05) is 6.08 Å². The Morgan fingerprint density at radius 2 is 1.79 bits per heavy atom. The van der Waals surface area contributed by atoms with Gasteiger partial charge in [0, 0.05) is 17.4 Å². The first-order valence-electron chi connectivity index (χ1n) is 9.20. The molecule has 0 aliphatic heterocycles. The number of nitrogens with zero attached hydrogens (tertiary/aromatic N) is 1. The second-order valence-electron chi connectivity index (χ2n) is 6.33. The minimum Gasteiger partial charge on any atom is -0.343 e. The van der Waals surface area contributed by atoms with E-state index in [9.17, 15) is 0 Å². The lowest BCUT2D eigenvalue weighted by atomic mass is 10.0. The zero-order valence-electron chi connectivity index (χ0n) is 16.7. The van der Waals surface area contributed by atoms with Crippen LogP contribution in [0.5, 0.6) is 0 Å². The van der Waals surface area contributed by atoms with Crippen molar-refractivity contribution in [2.45, 2.75) is 66.8 Å². The fourth-order valence-corrected chi connectivity index (χ4v) is 2.56. The van der Waals surface area contributed by atoms with Crippen molar-refractivity contribution in [2.24, 2.45) is 5.92 Å². The quantitative estimate of drug-likeness (QED) is 0.287. The minimum absolute atomic E-state index is 0.443. The average Bonchev–Trinajstić information content (AvgIpc) is 2.57. The van der Waals surface area contributed by atoms with Gasteiger partial charge in [-0.15, -0.1) is 6.58 Å². The van der Waals surface area contributed by atoms with Crippen LogP contribution in [0.3, 0.4) is 0 Å². The molecule has 24 heavy (non-hydrogen) atoms. The van der Waals surface area contributed by atoms with E-state index in [1.165, 1.54) is 11.4 Å². The van der Waals surface area contributed by atoms with E-state index < -0.39 is 0 Å². The highest BCUT2D eigenvalue weighted by atomic mass is 15.2. The SMILES string of the molecule is C=CC/C=C\C=C/C(=C)/C(=C\C)N(/C(C)=C/C(C)CC)C(C)CC. The fourth-order valence-electron chi connectivity index (χ4n) is 2.56. The predicted octanol–water partition coefficient (Wildman–Crippen LogP) is 7.19. The summed E-state index contributed by atoms with van der Waals surface area (Å²) in [7, 11) is 0. The van der Waals surface area contributed by atoms with Crippen LogP contribution < -0.4 is 0 Å².